The van der Waals surface area contributed by atoms with Crippen LogP contribution in [0, 0.1) is 0 Å². The van der Waals surface area contributed by atoms with Crippen LogP contribution in [0.15, 0.2) is 58.5 Å². The molecule has 4 rings (SSSR count). The van der Waals surface area contributed by atoms with Crippen LogP contribution in [0.25, 0.3) is 21.6 Å². The third-order valence-corrected chi connectivity index (χ3v) is 5.15. The average molecular weight is 381 g/mol. The molecule has 1 aromatic carbocycles. The maximum Gasteiger partial charge on any atom is 0.271 e. The highest BCUT2D eigenvalue weighted by Gasteiger charge is 2.16. The molecule has 1 N–H and O–H groups in total. The molecule has 138 valence electrons. The summed E-state index contributed by atoms with van der Waals surface area (Å²) in [4.78, 5) is 16.9. The summed E-state index contributed by atoms with van der Waals surface area (Å²) in [5.74, 6) is 0.493. The standard InChI is InChI=1S/C20H19N3O3S/c1-25-10-8-23-17-7-3-2-5-14(17)11-18(23)20-22-16(13-27-20)19(24)21-12-15-6-4-9-26-15/h2-7,9,11,13H,8,10,12H2,1H3,(H,21,24). The summed E-state index contributed by atoms with van der Waals surface area (Å²) in [6.45, 7) is 1.67. The molecule has 0 spiro atoms. The molecule has 0 aliphatic carbocycles. The Morgan fingerprint density at radius 2 is 2.19 bits per heavy atom. The van der Waals surface area contributed by atoms with Crippen LogP contribution in [0.5, 0.6) is 0 Å². The second-order valence-corrected chi connectivity index (χ2v) is 6.89. The van der Waals surface area contributed by atoms with Crippen molar-refractivity contribution < 1.29 is 13.9 Å². The monoisotopic (exact) mass is 381 g/mol. The van der Waals surface area contributed by atoms with E-state index in [0.717, 1.165) is 28.1 Å². The highest BCUT2D eigenvalue weighted by molar-refractivity contribution is 7.13. The first-order valence-electron chi connectivity index (χ1n) is 8.60. The van der Waals surface area contributed by atoms with Gasteiger partial charge in [0.05, 0.1) is 25.1 Å². The molecule has 4 aromatic rings. The van der Waals surface area contributed by atoms with Crippen molar-refractivity contribution in [2.75, 3.05) is 13.7 Å². The molecule has 0 saturated heterocycles. The molecule has 6 nitrogen and oxygen atoms in total. The first-order valence-corrected chi connectivity index (χ1v) is 9.48. The van der Waals surface area contributed by atoms with E-state index in [9.17, 15) is 4.79 Å². The quantitative estimate of drug-likeness (QED) is 0.527. The zero-order chi connectivity index (χ0) is 18.6. The van der Waals surface area contributed by atoms with E-state index in [1.165, 1.54) is 11.3 Å². The minimum atomic E-state index is -0.214. The van der Waals surface area contributed by atoms with Crippen molar-refractivity contribution in [1.82, 2.24) is 14.9 Å². The maximum atomic E-state index is 12.4. The molecule has 0 radical (unpaired) electrons. The SMILES string of the molecule is COCCn1c(-c2nc(C(=O)NCc3ccco3)cs2)cc2ccccc21. The van der Waals surface area contributed by atoms with Crippen LogP contribution in [0.4, 0.5) is 0 Å². The third-order valence-electron chi connectivity index (χ3n) is 4.29. The lowest BCUT2D eigenvalue weighted by atomic mass is 10.2. The number of aromatic nitrogens is 2. The van der Waals surface area contributed by atoms with Crippen molar-refractivity contribution in [3.8, 4) is 10.7 Å². The van der Waals surface area contributed by atoms with Crippen molar-refractivity contribution in [2.24, 2.45) is 0 Å². The Labute approximate surface area is 160 Å². The molecule has 27 heavy (non-hydrogen) atoms. The summed E-state index contributed by atoms with van der Waals surface area (Å²) in [6, 6.07) is 13.9. The van der Waals surface area contributed by atoms with E-state index in [1.807, 2.05) is 18.2 Å². The van der Waals surface area contributed by atoms with Gasteiger partial charge in [0.2, 0.25) is 0 Å². The number of rotatable bonds is 7. The molecule has 0 aliphatic rings. The average Bonchev–Trinajstić information content (AvgIpc) is 3.44. The Bertz CT molecular complexity index is 1050. The summed E-state index contributed by atoms with van der Waals surface area (Å²) < 4.78 is 12.7. The summed E-state index contributed by atoms with van der Waals surface area (Å²) >= 11 is 1.46. The van der Waals surface area contributed by atoms with Gasteiger partial charge in [-0.3, -0.25) is 4.79 Å². The Kier molecular flexibility index (Phi) is 5.04. The lowest BCUT2D eigenvalue weighted by molar-refractivity contribution is 0.0944. The number of hydrogen-bond acceptors (Lipinski definition) is 5. The van der Waals surface area contributed by atoms with Gasteiger partial charge in [-0.15, -0.1) is 11.3 Å². The highest BCUT2D eigenvalue weighted by Crippen LogP contribution is 2.30. The maximum absolute atomic E-state index is 12.4. The fourth-order valence-corrected chi connectivity index (χ4v) is 3.80. The Hall–Kier alpha value is -2.90. The number of ether oxygens (including phenoxy) is 1. The van der Waals surface area contributed by atoms with Gasteiger partial charge >= 0.3 is 0 Å². The normalized spacial score (nSPS) is 11.1. The number of nitrogens with zero attached hydrogens (tertiary/aromatic N) is 2. The lowest BCUT2D eigenvalue weighted by Crippen LogP contribution is -2.22. The van der Waals surface area contributed by atoms with Gasteiger partial charge in [-0.1, -0.05) is 18.2 Å². The number of hydrogen-bond donors (Lipinski definition) is 1. The third kappa shape index (κ3) is 3.65. The Morgan fingerprint density at radius 3 is 3.00 bits per heavy atom. The number of carbonyl (C=O) groups is 1. The second-order valence-electron chi connectivity index (χ2n) is 6.03. The van der Waals surface area contributed by atoms with Crippen LogP contribution in [0.1, 0.15) is 16.2 Å². The summed E-state index contributed by atoms with van der Waals surface area (Å²) in [6.07, 6.45) is 1.58. The number of fused-ring (bicyclic) bond motifs is 1. The van der Waals surface area contributed by atoms with Crippen molar-refractivity contribution in [2.45, 2.75) is 13.1 Å². The smallest absolute Gasteiger partial charge is 0.271 e. The van der Waals surface area contributed by atoms with Gasteiger partial charge in [0, 0.05) is 29.9 Å². The zero-order valence-corrected chi connectivity index (χ0v) is 15.7. The van der Waals surface area contributed by atoms with Gasteiger partial charge < -0.3 is 19.0 Å². The first-order chi connectivity index (χ1) is 13.3. The molecule has 0 unspecified atom stereocenters. The van der Waals surface area contributed by atoms with Gasteiger partial charge in [-0.2, -0.15) is 0 Å². The van der Waals surface area contributed by atoms with Gasteiger partial charge in [-0.25, -0.2) is 4.98 Å². The van der Waals surface area contributed by atoms with Crippen molar-refractivity contribution >= 4 is 28.1 Å². The summed E-state index contributed by atoms with van der Waals surface area (Å²) in [7, 11) is 1.69. The van der Waals surface area contributed by atoms with E-state index in [-0.39, 0.29) is 5.91 Å². The Morgan fingerprint density at radius 1 is 1.30 bits per heavy atom. The predicted molar refractivity (Wildman–Crippen MR) is 105 cm³/mol. The molecule has 3 heterocycles. The van der Waals surface area contributed by atoms with Gasteiger partial charge in [0.1, 0.15) is 16.5 Å². The molecule has 1 amide bonds. The van der Waals surface area contributed by atoms with Crippen LogP contribution in [0.2, 0.25) is 0 Å². The van der Waals surface area contributed by atoms with Gasteiger partial charge in [-0.05, 0) is 24.3 Å². The number of para-hydroxylation sites is 1. The van der Waals surface area contributed by atoms with Gasteiger partial charge in [0.15, 0.2) is 0 Å². The van der Waals surface area contributed by atoms with Crippen LogP contribution in [-0.2, 0) is 17.8 Å². The number of carbonyl (C=O) groups excluding carboxylic acids is 1. The number of benzene rings is 1. The number of thiazole rings is 1. The number of methoxy groups -OCH3 is 1. The number of amides is 1. The first kappa shape index (κ1) is 17.5. The molecular formula is C20H19N3O3S. The molecule has 0 bridgehead atoms. The predicted octanol–water partition coefficient (Wildman–Crippen LogP) is 3.93. The van der Waals surface area contributed by atoms with Crippen LogP contribution in [-0.4, -0.2) is 29.2 Å². The van der Waals surface area contributed by atoms with Crippen LogP contribution >= 0.6 is 11.3 Å². The molecule has 7 heteroatoms. The van der Waals surface area contributed by atoms with Crippen molar-refractivity contribution in [3.05, 3.63) is 65.6 Å². The zero-order valence-electron chi connectivity index (χ0n) is 14.8. The molecule has 0 fully saturated rings. The van der Waals surface area contributed by atoms with Gasteiger partial charge in [0.25, 0.3) is 5.91 Å². The minimum Gasteiger partial charge on any atom is -0.467 e. The topological polar surface area (TPSA) is 69.3 Å². The number of nitrogens with one attached hydrogen (secondary N) is 1. The molecule has 0 atom stereocenters. The summed E-state index contributed by atoms with van der Waals surface area (Å²) in [5.41, 5.74) is 2.53. The fraction of sp³-hybridized carbons (Fsp3) is 0.200. The Balaban J connectivity index is 1.59. The largest absolute Gasteiger partial charge is 0.467 e. The summed E-state index contributed by atoms with van der Waals surface area (Å²) in [5, 5.41) is 6.56. The highest BCUT2D eigenvalue weighted by atomic mass is 32.1. The molecule has 3 aromatic heterocycles. The van der Waals surface area contributed by atoms with Crippen LogP contribution in [0.3, 0.4) is 0 Å². The van der Waals surface area contributed by atoms with Crippen molar-refractivity contribution in [1.29, 1.82) is 0 Å². The van der Waals surface area contributed by atoms with E-state index >= 15 is 0 Å². The molecule has 0 aliphatic heterocycles. The van der Waals surface area contributed by atoms with Crippen LogP contribution < -0.4 is 5.32 Å². The van der Waals surface area contributed by atoms with Crippen molar-refractivity contribution in [3.63, 3.8) is 0 Å². The number of furan rings is 1. The second kappa shape index (κ2) is 7.77. The van der Waals surface area contributed by atoms with E-state index < -0.39 is 0 Å². The minimum absolute atomic E-state index is 0.214. The molecule has 0 saturated carbocycles. The molecular weight excluding hydrogens is 362 g/mol. The van der Waals surface area contributed by atoms with E-state index in [2.05, 4.69) is 33.1 Å². The lowest BCUT2D eigenvalue weighted by Gasteiger charge is -2.08. The van der Waals surface area contributed by atoms with E-state index in [1.54, 1.807) is 24.8 Å². The van der Waals surface area contributed by atoms with E-state index in [0.29, 0.717) is 24.6 Å². The fourth-order valence-electron chi connectivity index (χ4n) is 2.98. The van der Waals surface area contributed by atoms with E-state index in [4.69, 9.17) is 9.15 Å².